The maximum absolute atomic E-state index is 5.70. The topological polar surface area (TPSA) is 55.9 Å². The first-order valence-corrected chi connectivity index (χ1v) is 5.60. The van der Waals surface area contributed by atoms with E-state index < -0.39 is 0 Å². The molecular weight excluding hydrogens is 188 g/mol. The minimum absolute atomic E-state index is 0.577. The largest absolute Gasteiger partial charge is 0.336 e. The Labute approximate surface area is 91.9 Å². The molecule has 86 valence electrons. The van der Waals surface area contributed by atoms with Gasteiger partial charge in [0.05, 0.1) is 6.33 Å². The summed E-state index contributed by atoms with van der Waals surface area (Å²) in [4.78, 5) is 4.00. The van der Waals surface area contributed by atoms with Crippen molar-refractivity contribution in [2.75, 3.05) is 19.6 Å². The first kappa shape index (κ1) is 12.2. The second-order valence-corrected chi connectivity index (χ2v) is 4.24. The summed E-state index contributed by atoms with van der Waals surface area (Å²) < 4.78 is 2.07. The Bertz CT molecular complexity index is 243. The highest BCUT2D eigenvalue weighted by Crippen LogP contribution is 2.06. The molecule has 0 radical (unpaired) electrons. The van der Waals surface area contributed by atoms with E-state index in [0.717, 1.165) is 26.2 Å². The summed E-state index contributed by atoms with van der Waals surface area (Å²) in [6.07, 6.45) is 5.62. The van der Waals surface area contributed by atoms with Gasteiger partial charge in [0.1, 0.15) is 0 Å². The Morgan fingerprint density at radius 3 is 2.80 bits per heavy atom. The maximum atomic E-state index is 5.70. The molecule has 0 aliphatic carbocycles. The lowest BCUT2D eigenvalue weighted by Crippen LogP contribution is -2.33. The minimum atomic E-state index is 0.577. The molecule has 0 bridgehead atoms. The zero-order chi connectivity index (χ0) is 11.1. The number of aromatic nitrogens is 2. The third kappa shape index (κ3) is 4.44. The van der Waals surface area contributed by atoms with Crippen LogP contribution in [0.25, 0.3) is 0 Å². The van der Waals surface area contributed by atoms with Gasteiger partial charge in [-0.2, -0.15) is 0 Å². The Kier molecular flexibility index (Phi) is 5.36. The number of rotatable bonds is 7. The summed E-state index contributed by atoms with van der Waals surface area (Å²) in [5.74, 6) is 1.23. The lowest BCUT2D eigenvalue weighted by atomic mass is 9.96. The standard InChI is InChI=1S/C11H22N4/c1-10(2)11(7-12)8-13-3-5-15-6-4-14-9-15/h4,6,9-11,13H,3,5,7-8,12H2,1-2H3. The van der Waals surface area contributed by atoms with E-state index >= 15 is 0 Å². The predicted molar refractivity (Wildman–Crippen MR) is 62.5 cm³/mol. The monoisotopic (exact) mass is 210 g/mol. The summed E-state index contributed by atoms with van der Waals surface area (Å²) in [6.45, 7) is 8.14. The van der Waals surface area contributed by atoms with Crippen LogP contribution in [0.1, 0.15) is 13.8 Å². The van der Waals surface area contributed by atoms with E-state index in [1.807, 2.05) is 12.5 Å². The minimum Gasteiger partial charge on any atom is -0.336 e. The molecule has 1 heterocycles. The molecule has 0 saturated carbocycles. The summed E-state index contributed by atoms with van der Waals surface area (Å²) in [5, 5.41) is 3.43. The quantitative estimate of drug-likeness (QED) is 0.651. The van der Waals surface area contributed by atoms with Gasteiger partial charge in [-0.3, -0.25) is 0 Å². The molecule has 4 heteroatoms. The molecule has 4 nitrogen and oxygen atoms in total. The highest BCUT2D eigenvalue weighted by atomic mass is 15.0. The molecule has 1 aromatic heterocycles. The molecule has 0 aliphatic rings. The van der Waals surface area contributed by atoms with Crippen molar-refractivity contribution in [2.24, 2.45) is 17.6 Å². The fraction of sp³-hybridized carbons (Fsp3) is 0.727. The van der Waals surface area contributed by atoms with E-state index in [1.165, 1.54) is 0 Å². The van der Waals surface area contributed by atoms with Crippen molar-refractivity contribution in [1.29, 1.82) is 0 Å². The number of nitrogens with zero attached hydrogens (tertiary/aromatic N) is 2. The van der Waals surface area contributed by atoms with E-state index in [9.17, 15) is 0 Å². The zero-order valence-corrected chi connectivity index (χ0v) is 9.69. The van der Waals surface area contributed by atoms with Crippen molar-refractivity contribution in [1.82, 2.24) is 14.9 Å². The van der Waals surface area contributed by atoms with E-state index in [-0.39, 0.29) is 0 Å². The van der Waals surface area contributed by atoms with Crippen LogP contribution in [0.2, 0.25) is 0 Å². The molecule has 0 saturated heterocycles. The number of hydrogen-bond donors (Lipinski definition) is 2. The van der Waals surface area contributed by atoms with E-state index in [4.69, 9.17) is 5.73 Å². The molecule has 15 heavy (non-hydrogen) atoms. The van der Waals surface area contributed by atoms with Crippen LogP contribution in [0.4, 0.5) is 0 Å². The highest BCUT2D eigenvalue weighted by molar-refractivity contribution is 4.74. The smallest absolute Gasteiger partial charge is 0.0946 e. The average Bonchev–Trinajstić information content (AvgIpc) is 2.70. The molecule has 1 atom stereocenters. The second-order valence-electron chi connectivity index (χ2n) is 4.24. The molecule has 1 rings (SSSR count). The van der Waals surface area contributed by atoms with Crippen LogP contribution in [-0.4, -0.2) is 29.2 Å². The van der Waals surface area contributed by atoms with Gasteiger partial charge >= 0.3 is 0 Å². The van der Waals surface area contributed by atoms with E-state index in [1.54, 1.807) is 6.20 Å². The van der Waals surface area contributed by atoms with Gasteiger partial charge in [-0.15, -0.1) is 0 Å². The van der Waals surface area contributed by atoms with Crippen molar-refractivity contribution in [3.63, 3.8) is 0 Å². The van der Waals surface area contributed by atoms with Crippen LogP contribution < -0.4 is 11.1 Å². The third-order valence-electron chi connectivity index (χ3n) is 2.76. The molecule has 0 aromatic carbocycles. The summed E-state index contributed by atoms with van der Waals surface area (Å²) >= 11 is 0. The van der Waals surface area contributed by atoms with E-state index in [2.05, 4.69) is 28.7 Å². The molecule has 0 fully saturated rings. The SMILES string of the molecule is CC(C)C(CN)CNCCn1ccnc1. The maximum Gasteiger partial charge on any atom is 0.0946 e. The van der Waals surface area contributed by atoms with Crippen LogP contribution in [-0.2, 0) is 6.54 Å². The Morgan fingerprint density at radius 1 is 1.47 bits per heavy atom. The van der Waals surface area contributed by atoms with Gasteiger partial charge in [-0.25, -0.2) is 4.98 Å². The molecule has 0 amide bonds. The van der Waals surface area contributed by atoms with Crippen molar-refractivity contribution in [2.45, 2.75) is 20.4 Å². The fourth-order valence-corrected chi connectivity index (χ4v) is 1.51. The molecule has 0 aliphatic heterocycles. The van der Waals surface area contributed by atoms with Crippen LogP contribution in [0.15, 0.2) is 18.7 Å². The van der Waals surface area contributed by atoms with Crippen LogP contribution in [0, 0.1) is 11.8 Å². The molecule has 1 unspecified atom stereocenters. The van der Waals surface area contributed by atoms with Crippen LogP contribution >= 0.6 is 0 Å². The normalized spacial score (nSPS) is 13.3. The van der Waals surface area contributed by atoms with Gasteiger partial charge < -0.3 is 15.6 Å². The van der Waals surface area contributed by atoms with Gasteiger partial charge in [0.25, 0.3) is 0 Å². The third-order valence-corrected chi connectivity index (χ3v) is 2.76. The number of nitrogens with two attached hydrogens (primary N) is 1. The predicted octanol–water partition coefficient (Wildman–Crippen LogP) is 0.704. The first-order chi connectivity index (χ1) is 7.24. The Hall–Kier alpha value is -0.870. The summed E-state index contributed by atoms with van der Waals surface area (Å²) in [6, 6.07) is 0. The van der Waals surface area contributed by atoms with Crippen molar-refractivity contribution in [3.8, 4) is 0 Å². The van der Waals surface area contributed by atoms with E-state index in [0.29, 0.717) is 11.8 Å². The lowest BCUT2D eigenvalue weighted by molar-refractivity contribution is 0.368. The van der Waals surface area contributed by atoms with Gasteiger partial charge in [-0.05, 0) is 24.9 Å². The summed E-state index contributed by atoms with van der Waals surface area (Å²) in [5.41, 5.74) is 5.70. The fourth-order valence-electron chi connectivity index (χ4n) is 1.51. The number of imidazole rings is 1. The molecule has 1 aromatic rings. The average molecular weight is 210 g/mol. The van der Waals surface area contributed by atoms with Crippen LogP contribution in [0.5, 0.6) is 0 Å². The first-order valence-electron chi connectivity index (χ1n) is 5.60. The number of hydrogen-bond acceptors (Lipinski definition) is 3. The van der Waals surface area contributed by atoms with Crippen LogP contribution in [0.3, 0.4) is 0 Å². The van der Waals surface area contributed by atoms with Crippen molar-refractivity contribution < 1.29 is 0 Å². The molecule has 3 N–H and O–H groups in total. The molecular formula is C11H22N4. The summed E-state index contributed by atoms with van der Waals surface area (Å²) in [7, 11) is 0. The molecule has 0 spiro atoms. The zero-order valence-electron chi connectivity index (χ0n) is 9.69. The van der Waals surface area contributed by atoms with Gasteiger partial charge in [0, 0.05) is 25.5 Å². The van der Waals surface area contributed by atoms with Gasteiger partial charge in [-0.1, -0.05) is 13.8 Å². The lowest BCUT2D eigenvalue weighted by Gasteiger charge is -2.19. The Morgan fingerprint density at radius 2 is 2.27 bits per heavy atom. The van der Waals surface area contributed by atoms with Gasteiger partial charge in [0.15, 0.2) is 0 Å². The van der Waals surface area contributed by atoms with Crippen molar-refractivity contribution >= 4 is 0 Å². The second kappa shape index (κ2) is 6.58. The Balaban J connectivity index is 2.10. The highest BCUT2D eigenvalue weighted by Gasteiger charge is 2.09. The number of nitrogens with one attached hydrogen (secondary N) is 1. The van der Waals surface area contributed by atoms with Crippen molar-refractivity contribution in [3.05, 3.63) is 18.7 Å². The van der Waals surface area contributed by atoms with Gasteiger partial charge in [0.2, 0.25) is 0 Å².